The first kappa shape index (κ1) is 11.8. The van der Waals surface area contributed by atoms with Crippen LogP contribution in [0, 0.1) is 6.92 Å². The summed E-state index contributed by atoms with van der Waals surface area (Å²) >= 11 is 5.76. The molecule has 0 aromatic heterocycles. The number of halogens is 1. The van der Waals surface area contributed by atoms with Crippen molar-refractivity contribution in [1.29, 1.82) is 0 Å². The van der Waals surface area contributed by atoms with Crippen molar-refractivity contribution in [2.24, 2.45) is 5.73 Å². The van der Waals surface area contributed by atoms with Gasteiger partial charge in [-0.2, -0.15) is 0 Å². The van der Waals surface area contributed by atoms with Crippen LogP contribution in [0.5, 0.6) is 5.75 Å². The molecule has 4 nitrogen and oxygen atoms in total. The van der Waals surface area contributed by atoms with E-state index in [4.69, 9.17) is 27.2 Å². The number of carbonyl (C=O) groups is 1. The summed E-state index contributed by atoms with van der Waals surface area (Å²) in [6.07, 6.45) is -1.04. The average Bonchev–Trinajstić information content (AvgIpc) is 2.18. The maximum absolute atomic E-state index is 10.7. The minimum Gasteiger partial charge on any atom is -0.478 e. The van der Waals surface area contributed by atoms with E-state index in [1.165, 1.54) is 0 Å². The Morgan fingerprint density at radius 2 is 2.33 bits per heavy atom. The van der Waals surface area contributed by atoms with Crippen LogP contribution in [0.2, 0.25) is 5.02 Å². The van der Waals surface area contributed by atoms with Crippen molar-refractivity contribution in [1.82, 2.24) is 0 Å². The first-order valence-electron chi connectivity index (χ1n) is 4.40. The quantitative estimate of drug-likeness (QED) is 0.820. The summed E-state index contributed by atoms with van der Waals surface area (Å²) in [6.45, 7) is 1.72. The third kappa shape index (κ3) is 3.11. The molecule has 0 spiro atoms. The van der Waals surface area contributed by atoms with E-state index in [0.717, 1.165) is 5.56 Å². The topological polar surface area (TPSA) is 72.5 Å². The van der Waals surface area contributed by atoms with Crippen LogP contribution in [0.4, 0.5) is 0 Å². The third-order valence-electron chi connectivity index (χ3n) is 1.91. The molecule has 0 aliphatic heterocycles. The van der Waals surface area contributed by atoms with Gasteiger partial charge in [-0.05, 0) is 24.6 Å². The second-order valence-corrected chi connectivity index (χ2v) is 3.53. The van der Waals surface area contributed by atoms with Crippen LogP contribution >= 0.6 is 11.6 Å². The summed E-state index contributed by atoms with van der Waals surface area (Å²) in [5.74, 6) is -0.641. The van der Waals surface area contributed by atoms with Crippen molar-refractivity contribution >= 4 is 17.6 Å². The predicted octanol–water partition coefficient (Wildman–Crippen LogP) is 1.44. The summed E-state index contributed by atoms with van der Waals surface area (Å²) in [5.41, 5.74) is 6.09. The molecule has 15 heavy (non-hydrogen) atoms. The minimum atomic E-state index is -1.09. The van der Waals surface area contributed by atoms with Crippen molar-refractivity contribution in [3.63, 3.8) is 0 Å². The zero-order valence-corrected chi connectivity index (χ0v) is 8.99. The van der Waals surface area contributed by atoms with E-state index in [1.807, 2.05) is 0 Å². The number of aryl methyl sites for hydroxylation is 1. The molecule has 0 saturated carbocycles. The van der Waals surface area contributed by atoms with E-state index < -0.39 is 12.1 Å². The molecule has 1 rings (SSSR count). The number of ether oxygens (including phenoxy) is 1. The fourth-order valence-corrected chi connectivity index (χ4v) is 1.22. The number of hydrogen-bond donors (Lipinski definition) is 2. The highest BCUT2D eigenvalue weighted by molar-refractivity contribution is 6.30. The fraction of sp³-hybridized carbons (Fsp3) is 0.300. The van der Waals surface area contributed by atoms with Gasteiger partial charge in [-0.1, -0.05) is 17.7 Å². The molecule has 1 aromatic rings. The van der Waals surface area contributed by atoms with Crippen molar-refractivity contribution in [2.75, 3.05) is 6.54 Å². The molecule has 82 valence electrons. The normalized spacial score (nSPS) is 12.2. The largest absolute Gasteiger partial charge is 0.478 e. The second kappa shape index (κ2) is 5.00. The van der Waals surface area contributed by atoms with Gasteiger partial charge in [0.05, 0.1) is 0 Å². The SMILES string of the molecule is Cc1ccc(Cl)cc1OC(CN)C(=O)O. The summed E-state index contributed by atoms with van der Waals surface area (Å²) in [6, 6.07) is 5.04. The van der Waals surface area contributed by atoms with Crippen LogP contribution in [0.25, 0.3) is 0 Å². The van der Waals surface area contributed by atoms with Gasteiger partial charge in [0.1, 0.15) is 5.75 Å². The van der Waals surface area contributed by atoms with Gasteiger partial charge in [-0.15, -0.1) is 0 Å². The number of nitrogens with two attached hydrogens (primary N) is 1. The standard InChI is InChI=1S/C10H12ClNO3/c1-6-2-3-7(11)4-8(6)15-9(5-12)10(13)14/h2-4,9H,5,12H2,1H3,(H,13,14). The van der Waals surface area contributed by atoms with Crippen LogP contribution in [0.1, 0.15) is 5.56 Å². The van der Waals surface area contributed by atoms with E-state index in [9.17, 15) is 4.79 Å². The van der Waals surface area contributed by atoms with Gasteiger partial charge in [0, 0.05) is 11.6 Å². The Morgan fingerprint density at radius 1 is 1.67 bits per heavy atom. The number of carboxylic acids is 1. The second-order valence-electron chi connectivity index (χ2n) is 3.09. The highest BCUT2D eigenvalue weighted by atomic mass is 35.5. The smallest absolute Gasteiger partial charge is 0.346 e. The van der Waals surface area contributed by atoms with E-state index in [1.54, 1.807) is 25.1 Å². The molecule has 1 aromatic carbocycles. The van der Waals surface area contributed by atoms with E-state index in [2.05, 4.69) is 0 Å². The Morgan fingerprint density at radius 3 is 2.87 bits per heavy atom. The van der Waals surface area contributed by atoms with Crippen molar-refractivity contribution in [3.05, 3.63) is 28.8 Å². The van der Waals surface area contributed by atoms with Crippen LogP contribution in [-0.4, -0.2) is 23.7 Å². The number of rotatable bonds is 4. The van der Waals surface area contributed by atoms with Gasteiger partial charge < -0.3 is 15.6 Å². The zero-order valence-electron chi connectivity index (χ0n) is 8.24. The highest BCUT2D eigenvalue weighted by Crippen LogP contribution is 2.23. The van der Waals surface area contributed by atoms with Crippen molar-refractivity contribution in [3.8, 4) is 5.75 Å². The lowest BCUT2D eigenvalue weighted by Gasteiger charge is -2.14. The Labute approximate surface area is 92.6 Å². The lowest BCUT2D eigenvalue weighted by Crippen LogP contribution is -2.34. The Bertz CT molecular complexity index is 368. The van der Waals surface area contributed by atoms with Crippen LogP contribution < -0.4 is 10.5 Å². The summed E-state index contributed by atoms with van der Waals surface area (Å²) in [4.78, 5) is 10.7. The number of carboxylic acid groups (broad SMARTS) is 1. The fourth-order valence-electron chi connectivity index (χ4n) is 1.05. The highest BCUT2D eigenvalue weighted by Gasteiger charge is 2.18. The summed E-state index contributed by atoms with van der Waals surface area (Å²) < 4.78 is 5.23. The van der Waals surface area contributed by atoms with Gasteiger partial charge in [-0.3, -0.25) is 0 Å². The van der Waals surface area contributed by atoms with E-state index >= 15 is 0 Å². The third-order valence-corrected chi connectivity index (χ3v) is 2.14. The molecule has 0 fully saturated rings. The van der Waals surface area contributed by atoms with Gasteiger partial charge in [0.2, 0.25) is 6.10 Å². The molecule has 0 aliphatic rings. The van der Waals surface area contributed by atoms with Crippen LogP contribution in [-0.2, 0) is 4.79 Å². The van der Waals surface area contributed by atoms with Gasteiger partial charge in [0.15, 0.2) is 0 Å². The molecular weight excluding hydrogens is 218 g/mol. The van der Waals surface area contributed by atoms with Crippen LogP contribution in [0.3, 0.4) is 0 Å². The Kier molecular flexibility index (Phi) is 3.94. The maximum Gasteiger partial charge on any atom is 0.346 e. The summed E-state index contributed by atoms with van der Waals surface area (Å²) in [5, 5.41) is 9.25. The molecule has 0 saturated heterocycles. The summed E-state index contributed by atoms with van der Waals surface area (Å²) in [7, 11) is 0. The van der Waals surface area contributed by atoms with Gasteiger partial charge in [-0.25, -0.2) is 4.79 Å². The minimum absolute atomic E-state index is 0.0821. The maximum atomic E-state index is 10.7. The molecule has 5 heteroatoms. The number of hydrogen-bond acceptors (Lipinski definition) is 3. The lowest BCUT2D eigenvalue weighted by molar-refractivity contribution is -0.144. The van der Waals surface area contributed by atoms with Gasteiger partial charge >= 0.3 is 5.97 Å². The lowest BCUT2D eigenvalue weighted by atomic mass is 10.2. The first-order chi connectivity index (χ1) is 7.04. The molecule has 1 atom stereocenters. The van der Waals surface area contributed by atoms with Crippen molar-refractivity contribution < 1.29 is 14.6 Å². The average molecular weight is 230 g/mol. The molecule has 0 bridgehead atoms. The molecule has 1 unspecified atom stereocenters. The Hall–Kier alpha value is -1.26. The van der Waals surface area contributed by atoms with E-state index in [0.29, 0.717) is 10.8 Å². The molecule has 3 N–H and O–H groups in total. The molecule has 0 radical (unpaired) electrons. The molecule has 0 heterocycles. The van der Waals surface area contributed by atoms with Crippen molar-refractivity contribution in [2.45, 2.75) is 13.0 Å². The van der Waals surface area contributed by atoms with Crippen LogP contribution in [0.15, 0.2) is 18.2 Å². The number of benzene rings is 1. The number of aliphatic carboxylic acids is 1. The first-order valence-corrected chi connectivity index (χ1v) is 4.78. The molecule has 0 amide bonds. The molecule has 0 aliphatic carbocycles. The van der Waals surface area contributed by atoms with E-state index in [-0.39, 0.29) is 6.54 Å². The zero-order chi connectivity index (χ0) is 11.4. The predicted molar refractivity (Wildman–Crippen MR) is 57.3 cm³/mol. The molecular formula is C10H12ClNO3. The van der Waals surface area contributed by atoms with Gasteiger partial charge in [0.25, 0.3) is 0 Å². The monoisotopic (exact) mass is 229 g/mol. The Balaban J connectivity index is 2.87.